The van der Waals surface area contributed by atoms with Crippen LogP contribution >= 0.6 is 0 Å². The molecule has 6 atom stereocenters. The summed E-state index contributed by atoms with van der Waals surface area (Å²) in [6.07, 6.45) is 32.1. The quantitative estimate of drug-likeness (QED) is 0.0614. The summed E-state index contributed by atoms with van der Waals surface area (Å²) in [6.45, 7) is 28.6. The molecule has 0 aromatic rings. The van der Waals surface area contributed by atoms with Crippen molar-refractivity contribution in [3.8, 4) is 0 Å². The van der Waals surface area contributed by atoms with Crippen molar-refractivity contribution in [2.75, 3.05) is 0 Å². The van der Waals surface area contributed by atoms with Gasteiger partial charge in [-0.1, -0.05) is 205 Å². The van der Waals surface area contributed by atoms with Crippen molar-refractivity contribution in [1.29, 1.82) is 0 Å². The SMILES string of the molecule is CC(C)CCCC(=O)OC(CCC(C)CCCC(C)CCCC(C)CCCC(C)C)CCC(C)CCCC(C)CCCC(C)CCCC(C)C. The normalized spacial score (nSPS) is 16.5. The maximum atomic E-state index is 12.8. The molecule has 0 aromatic heterocycles. The van der Waals surface area contributed by atoms with E-state index < -0.39 is 0 Å². The van der Waals surface area contributed by atoms with Crippen LogP contribution < -0.4 is 0 Å². The lowest BCUT2D eigenvalue weighted by molar-refractivity contribution is -0.150. The van der Waals surface area contributed by atoms with Crippen LogP contribution in [0.5, 0.6) is 0 Å². The molecule has 300 valence electrons. The minimum Gasteiger partial charge on any atom is -0.462 e. The lowest BCUT2D eigenvalue weighted by Crippen LogP contribution is -2.20. The van der Waals surface area contributed by atoms with Gasteiger partial charge in [0.25, 0.3) is 0 Å². The third-order valence-electron chi connectivity index (χ3n) is 12.0. The molecule has 0 spiro atoms. The molecular weight excluding hydrogens is 609 g/mol. The Morgan fingerprint density at radius 1 is 0.320 bits per heavy atom. The fraction of sp³-hybridized carbons (Fsp3) is 0.979. The minimum atomic E-state index is 0.0436. The van der Waals surface area contributed by atoms with E-state index in [1.165, 1.54) is 128 Å². The van der Waals surface area contributed by atoms with Crippen LogP contribution in [0.2, 0.25) is 0 Å². The Hall–Kier alpha value is -0.530. The monoisotopic (exact) mass is 705 g/mol. The second kappa shape index (κ2) is 31.9. The summed E-state index contributed by atoms with van der Waals surface area (Å²) >= 11 is 0. The highest BCUT2D eigenvalue weighted by molar-refractivity contribution is 5.69. The van der Waals surface area contributed by atoms with Crippen molar-refractivity contribution in [2.45, 2.75) is 250 Å². The molecule has 6 unspecified atom stereocenters. The molecule has 0 radical (unpaired) electrons. The van der Waals surface area contributed by atoms with Crippen molar-refractivity contribution < 1.29 is 9.53 Å². The smallest absolute Gasteiger partial charge is 0.306 e. The van der Waals surface area contributed by atoms with E-state index in [0.717, 1.165) is 61.2 Å². The summed E-state index contributed by atoms with van der Waals surface area (Å²) in [5, 5.41) is 0. The largest absolute Gasteiger partial charge is 0.462 e. The van der Waals surface area contributed by atoms with E-state index >= 15 is 0 Å². The summed E-state index contributed by atoms with van der Waals surface area (Å²) in [5.74, 6) is 7.30. The number of hydrogen-bond acceptors (Lipinski definition) is 2. The molecule has 0 amide bonds. The van der Waals surface area contributed by atoms with E-state index in [0.29, 0.717) is 24.2 Å². The second-order valence-corrected chi connectivity index (χ2v) is 19.6. The van der Waals surface area contributed by atoms with Crippen molar-refractivity contribution in [1.82, 2.24) is 0 Å². The van der Waals surface area contributed by atoms with E-state index in [1.54, 1.807) is 0 Å². The van der Waals surface area contributed by atoms with Gasteiger partial charge in [0.2, 0.25) is 0 Å². The number of esters is 1. The zero-order valence-corrected chi connectivity index (χ0v) is 36.8. The van der Waals surface area contributed by atoms with Gasteiger partial charge < -0.3 is 4.74 Å². The van der Waals surface area contributed by atoms with E-state index in [2.05, 4.69) is 83.1 Å². The predicted molar refractivity (Wildman–Crippen MR) is 225 cm³/mol. The number of hydrogen-bond donors (Lipinski definition) is 0. The lowest BCUT2D eigenvalue weighted by Gasteiger charge is -2.22. The van der Waals surface area contributed by atoms with Gasteiger partial charge in [0.05, 0.1) is 0 Å². The molecule has 0 aliphatic rings. The average molecular weight is 705 g/mol. The number of carbonyl (C=O) groups is 1. The lowest BCUT2D eigenvalue weighted by atomic mass is 9.89. The van der Waals surface area contributed by atoms with Crippen LogP contribution in [0.15, 0.2) is 0 Å². The standard InChI is InChI=1S/C48H96O2/c1-38(2)20-13-23-41(7)25-16-27-43(9)29-18-31-45(11)34-36-47(50-48(49)33-15-22-40(5)6)37-35-46(12)32-19-30-44(10)28-17-26-42(8)24-14-21-39(3)4/h38-47H,13-37H2,1-12H3. The first-order valence-electron chi connectivity index (χ1n) is 22.9. The highest BCUT2D eigenvalue weighted by Gasteiger charge is 2.18. The zero-order chi connectivity index (χ0) is 37.7. The van der Waals surface area contributed by atoms with Gasteiger partial charge >= 0.3 is 5.97 Å². The Kier molecular flexibility index (Phi) is 31.6. The van der Waals surface area contributed by atoms with Gasteiger partial charge in [-0.2, -0.15) is 0 Å². The molecule has 0 bridgehead atoms. The molecule has 0 N–H and O–H groups in total. The van der Waals surface area contributed by atoms with Crippen LogP contribution in [-0.2, 0) is 9.53 Å². The van der Waals surface area contributed by atoms with Crippen LogP contribution in [0.4, 0.5) is 0 Å². The molecule has 0 aliphatic carbocycles. The molecule has 2 heteroatoms. The predicted octanol–water partition coefficient (Wildman–Crippen LogP) is 16.4. The molecule has 0 aliphatic heterocycles. The topological polar surface area (TPSA) is 26.3 Å². The Morgan fingerprint density at radius 3 is 0.840 bits per heavy atom. The van der Waals surface area contributed by atoms with E-state index in [9.17, 15) is 4.79 Å². The second-order valence-electron chi connectivity index (χ2n) is 19.6. The highest BCUT2D eigenvalue weighted by atomic mass is 16.5. The van der Waals surface area contributed by atoms with Gasteiger partial charge in [0.1, 0.15) is 6.10 Å². The minimum absolute atomic E-state index is 0.0436. The van der Waals surface area contributed by atoms with Crippen molar-refractivity contribution in [2.24, 2.45) is 53.3 Å². The molecule has 0 heterocycles. The fourth-order valence-corrected chi connectivity index (χ4v) is 7.98. The molecule has 2 nitrogen and oxygen atoms in total. The van der Waals surface area contributed by atoms with Gasteiger partial charge in [-0.25, -0.2) is 0 Å². The Labute approximate surface area is 317 Å². The summed E-state index contributed by atoms with van der Waals surface area (Å²) in [7, 11) is 0. The third kappa shape index (κ3) is 33.3. The van der Waals surface area contributed by atoms with Gasteiger partial charge in [0.15, 0.2) is 0 Å². The van der Waals surface area contributed by atoms with Crippen LogP contribution in [0.3, 0.4) is 0 Å². The van der Waals surface area contributed by atoms with Gasteiger partial charge in [0, 0.05) is 6.42 Å². The van der Waals surface area contributed by atoms with Crippen LogP contribution in [0.1, 0.15) is 244 Å². The number of carbonyl (C=O) groups excluding carboxylic acids is 1. The fourth-order valence-electron chi connectivity index (χ4n) is 7.98. The van der Waals surface area contributed by atoms with Crippen LogP contribution in [0.25, 0.3) is 0 Å². The van der Waals surface area contributed by atoms with E-state index in [4.69, 9.17) is 4.74 Å². The maximum absolute atomic E-state index is 12.8. The molecule has 0 saturated carbocycles. The summed E-state index contributed by atoms with van der Waals surface area (Å²) in [6, 6.07) is 0. The Morgan fingerprint density at radius 2 is 0.560 bits per heavy atom. The molecule has 0 aromatic carbocycles. The molecular formula is C48H96O2. The van der Waals surface area contributed by atoms with E-state index in [1.807, 2.05) is 0 Å². The summed E-state index contributed by atoms with van der Waals surface area (Å²) in [4.78, 5) is 12.8. The van der Waals surface area contributed by atoms with Crippen molar-refractivity contribution in [3.05, 3.63) is 0 Å². The molecule has 0 fully saturated rings. The summed E-state index contributed by atoms with van der Waals surface area (Å²) in [5.41, 5.74) is 0. The molecule has 0 rings (SSSR count). The van der Waals surface area contributed by atoms with E-state index in [-0.39, 0.29) is 12.1 Å². The van der Waals surface area contributed by atoms with Gasteiger partial charge in [-0.05, 0) is 85.4 Å². The highest BCUT2D eigenvalue weighted by Crippen LogP contribution is 2.27. The first-order chi connectivity index (χ1) is 23.7. The first kappa shape index (κ1) is 49.5. The van der Waals surface area contributed by atoms with Gasteiger partial charge in [-0.15, -0.1) is 0 Å². The number of ether oxygens (including phenoxy) is 1. The summed E-state index contributed by atoms with van der Waals surface area (Å²) < 4.78 is 6.18. The van der Waals surface area contributed by atoms with Crippen LogP contribution in [-0.4, -0.2) is 12.1 Å². The van der Waals surface area contributed by atoms with Crippen molar-refractivity contribution in [3.63, 3.8) is 0 Å². The Bertz CT molecular complexity index is 692. The van der Waals surface area contributed by atoms with Gasteiger partial charge in [-0.3, -0.25) is 4.79 Å². The number of rotatable bonds is 35. The Balaban J connectivity index is 4.46. The average Bonchev–Trinajstić information content (AvgIpc) is 3.01. The zero-order valence-electron chi connectivity index (χ0n) is 36.8. The molecule has 0 saturated heterocycles. The van der Waals surface area contributed by atoms with Crippen molar-refractivity contribution >= 4 is 5.97 Å². The molecule has 50 heavy (non-hydrogen) atoms. The first-order valence-corrected chi connectivity index (χ1v) is 22.9. The van der Waals surface area contributed by atoms with Crippen LogP contribution in [0, 0.1) is 53.3 Å². The third-order valence-corrected chi connectivity index (χ3v) is 12.0. The maximum Gasteiger partial charge on any atom is 0.306 e.